The van der Waals surface area contributed by atoms with Crippen molar-refractivity contribution in [1.29, 1.82) is 0 Å². The molecule has 3 nitrogen and oxygen atoms in total. The Morgan fingerprint density at radius 1 is 0.274 bits per heavy atom. The molecule has 1 aliphatic rings. The van der Waals surface area contributed by atoms with Crippen molar-refractivity contribution in [3.63, 3.8) is 0 Å². The lowest BCUT2D eigenvalue weighted by Gasteiger charge is -2.20. The zero-order valence-corrected chi connectivity index (χ0v) is 33.7. The van der Waals surface area contributed by atoms with Gasteiger partial charge in [0.1, 0.15) is 0 Å². The Hall–Kier alpha value is -8.27. The maximum Gasteiger partial charge on any atom is 0.160 e. The standard InChI is InChI=1S/C59H37N3/c1-4-16-40(17-5-1)54-48-25-12-13-26-49(48)55(41-18-6-2-7-19-41)58-51-34-33-45(47-27-14-28-50(56(47)51)57(54)58)38-29-31-39(32-30-38)52-36-53(62-59(61-52)42-20-8-3-9-21-42)46-24-11-10-23-44(46)43-22-15-35-60-37-43/h1-37H. The maximum absolute atomic E-state index is 5.17. The van der Waals surface area contributed by atoms with Crippen LogP contribution in [0.2, 0.25) is 0 Å². The highest BCUT2D eigenvalue weighted by molar-refractivity contribution is 6.28. The Kier molecular flexibility index (Phi) is 8.50. The van der Waals surface area contributed by atoms with Crippen LogP contribution >= 0.6 is 0 Å². The van der Waals surface area contributed by atoms with Crippen molar-refractivity contribution in [3.05, 3.63) is 225 Å². The number of pyridine rings is 1. The zero-order valence-electron chi connectivity index (χ0n) is 33.7. The first-order chi connectivity index (χ1) is 30.8. The first-order valence-corrected chi connectivity index (χ1v) is 21.1. The van der Waals surface area contributed by atoms with Crippen molar-refractivity contribution >= 4 is 21.5 Å². The number of aromatic nitrogens is 3. The molecule has 0 N–H and O–H groups in total. The number of nitrogens with zero attached hydrogens (tertiary/aromatic N) is 3. The van der Waals surface area contributed by atoms with Gasteiger partial charge in [-0.3, -0.25) is 4.98 Å². The summed E-state index contributed by atoms with van der Waals surface area (Å²) in [4.78, 5) is 14.7. The van der Waals surface area contributed by atoms with E-state index in [1.165, 1.54) is 71.6 Å². The number of benzene rings is 9. The van der Waals surface area contributed by atoms with Crippen LogP contribution in [0.1, 0.15) is 0 Å². The molecule has 2 heterocycles. The average Bonchev–Trinajstić information content (AvgIpc) is 3.69. The fraction of sp³-hybridized carbons (Fsp3) is 0. The minimum atomic E-state index is 0.688. The summed E-state index contributed by atoms with van der Waals surface area (Å²) in [5.41, 5.74) is 19.4. The Balaban J connectivity index is 1.02. The van der Waals surface area contributed by atoms with E-state index in [0.717, 1.165) is 44.8 Å². The third-order valence-corrected chi connectivity index (χ3v) is 12.3. The van der Waals surface area contributed by atoms with Crippen LogP contribution in [0.5, 0.6) is 0 Å². The Bertz CT molecular complexity index is 3380. The molecule has 0 radical (unpaired) electrons. The molecule has 2 aromatic heterocycles. The Morgan fingerprint density at radius 2 is 0.774 bits per heavy atom. The molecule has 9 aromatic carbocycles. The van der Waals surface area contributed by atoms with E-state index >= 15 is 0 Å². The fourth-order valence-corrected chi connectivity index (χ4v) is 9.61. The summed E-state index contributed by atoms with van der Waals surface area (Å²) in [6.07, 6.45) is 3.71. The molecule has 0 saturated carbocycles. The molecule has 288 valence electrons. The lowest BCUT2D eigenvalue weighted by atomic mass is 9.82. The molecule has 12 rings (SSSR count). The van der Waals surface area contributed by atoms with Gasteiger partial charge in [0.25, 0.3) is 0 Å². The lowest BCUT2D eigenvalue weighted by molar-refractivity contribution is 1.18. The second-order valence-corrected chi connectivity index (χ2v) is 15.9. The Labute approximate surface area is 360 Å². The molecule has 0 fully saturated rings. The van der Waals surface area contributed by atoms with Crippen LogP contribution in [0.3, 0.4) is 0 Å². The van der Waals surface area contributed by atoms with E-state index in [2.05, 4.69) is 193 Å². The minimum absolute atomic E-state index is 0.688. The highest BCUT2D eigenvalue weighted by atomic mass is 14.9. The largest absolute Gasteiger partial charge is 0.264 e. The molecule has 11 aromatic rings. The van der Waals surface area contributed by atoms with E-state index in [1.807, 2.05) is 30.5 Å². The normalized spacial score (nSPS) is 11.5. The van der Waals surface area contributed by atoms with Gasteiger partial charge >= 0.3 is 0 Å². The SMILES string of the molecule is c1ccc(-c2nc(-c3ccc(-c4ccc5c6c(cccc46)-c4c-5c(-c5ccccc5)c5ccccc5c4-c4ccccc4)cc3)cc(-c3ccccc3-c3cccnc3)n2)cc1. The predicted octanol–water partition coefficient (Wildman–Crippen LogP) is 15.5. The van der Waals surface area contributed by atoms with Gasteiger partial charge in [-0.25, -0.2) is 9.97 Å². The van der Waals surface area contributed by atoms with Crippen molar-refractivity contribution in [2.45, 2.75) is 0 Å². The van der Waals surface area contributed by atoms with Crippen molar-refractivity contribution in [2.75, 3.05) is 0 Å². The summed E-state index contributed by atoms with van der Waals surface area (Å²) in [7, 11) is 0. The molecule has 1 aliphatic carbocycles. The van der Waals surface area contributed by atoms with Gasteiger partial charge in [0.15, 0.2) is 5.82 Å². The van der Waals surface area contributed by atoms with E-state index < -0.39 is 0 Å². The second kappa shape index (κ2) is 14.8. The van der Waals surface area contributed by atoms with Gasteiger partial charge in [0.05, 0.1) is 11.4 Å². The summed E-state index contributed by atoms with van der Waals surface area (Å²) >= 11 is 0. The number of rotatable bonds is 7. The monoisotopic (exact) mass is 787 g/mol. The van der Waals surface area contributed by atoms with Crippen molar-refractivity contribution in [3.8, 4) is 101 Å². The summed E-state index contributed by atoms with van der Waals surface area (Å²) in [6.45, 7) is 0. The molecular formula is C59H37N3. The molecule has 3 heteroatoms. The van der Waals surface area contributed by atoms with E-state index in [1.54, 1.807) is 6.20 Å². The van der Waals surface area contributed by atoms with Crippen molar-refractivity contribution < 1.29 is 0 Å². The van der Waals surface area contributed by atoms with Crippen LogP contribution in [-0.2, 0) is 0 Å². The van der Waals surface area contributed by atoms with Gasteiger partial charge in [0, 0.05) is 34.6 Å². The van der Waals surface area contributed by atoms with Gasteiger partial charge < -0.3 is 0 Å². The third-order valence-electron chi connectivity index (χ3n) is 12.3. The highest BCUT2D eigenvalue weighted by Gasteiger charge is 2.31. The van der Waals surface area contributed by atoms with Crippen molar-refractivity contribution in [2.24, 2.45) is 0 Å². The van der Waals surface area contributed by atoms with E-state index in [-0.39, 0.29) is 0 Å². The van der Waals surface area contributed by atoms with Crippen LogP contribution in [-0.4, -0.2) is 15.0 Å². The summed E-state index contributed by atoms with van der Waals surface area (Å²) < 4.78 is 0. The zero-order chi connectivity index (χ0) is 41.0. The van der Waals surface area contributed by atoms with Gasteiger partial charge in [-0.2, -0.15) is 0 Å². The first-order valence-electron chi connectivity index (χ1n) is 21.1. The van der Waals surface area contributed by atoms with Crippen LogP contribution in [0, 0.1) is 0 Å². The number of hydrogen-bond acceptors (Lipinski definition) is 3. The van der Waals surface area contributed by atoms with E-state index in [9.17, 15) is 0 Å². The minimum Gasteiger partial charge on any atom is -0.264 e. The predicted molar refractivity (Wildman–Crippen MR) is 257 cm³/mol. The molecule has 0 atom stereocenters. The Morgan fingerprint density at radius 3 is 1.42 bits per heavy atom. The highest BCUT2D eigenvalue weighted by Crippen LogP contribution is 2.58. The van der Waals surface area contributed by atoms with Gasteiger partial charge in [-0.05, 0) is 94.9 Å². The summed E-state index contributed by atoms with van der Waals surface area (Å²) in [6, 6.07) is 76.0. The lowest BCUT2D eigenvalue weighted by Crippen LogP contribution is -1.97. The second-order valence-electron chi connectivity index (χ2n) is 15.9. The molecule has 0 saturated heterocycles. The maximum atomic E-state index is 5.17. The third kappa shape index (κ3) is 5.86. The van der Waals surface area contributed by atoms with E-state index in [4.69, 9.17) is 9.97 Å². The molecule has 0 spiro atoms. The molecule has 0 aliphatic heterocycles. The van der Waals surface area contributed by atoms with E-state index in [0.29, 0.717) is 5.82 Å². The van der Waals surface area contributed by atoms with Gasteiger partial charge in [0.2, 0.25) is 0 Å². The summed E-state index contributed by atoms with van der Waals surface area (Å²) in [5.74, 6) is 0.688. The fourth-order valence-electron chi connectivity index (χ4n) is 9.61. The van der Waals surface area contributed by atoms with Crippen LogP contribution in [0.4, 0.5) is 0 Å². The molecule has 0 unspecified atom stereocenters. The smallest absolute Gasteiger partial charge is 0.160 e. The molecule has 62 heavy (non-hydrogen) atoms. The number of hydrogen-bond donors (Lipinski definition) is 0. The number of fused-ring (bicyclic) bond motifs is 4. The molecule has 0 amide bonds. The quantitative estimate of drug-likeness (QED) is 0.161. The average molecular weight is 788 g/mol. The van der Waals surface area contributed by atoms with Crippen LogP contribution < -0.4 is 0 Å². The molecular weight excluding hydrogens is 751 g/mol. The van der Waals surface area contributed by atoms with Crippen LogP contribution in [0.15, 0.2) is 225 Å². The first kappa shape index (κ1) is 35.7. The van der Waals surface area contributed by atoms with Crippen molar-refractivity contribution in [1.82, 2.24) is 15.0 Å². The van der Waals surface area contributed by atoms with Gasteiger partial charge in [-0.1, -0.05) is 200 Å². The topological polar surface area (TPSA) is 38.7 Å². The molecule has 0 bridgehead atoms. The summed E-state index contributed by atoms with van der Waals surface area (Å²) in [5, 5.41) is 5.07. The van der Waals surface area contributed by atoms with Crippen LogP contribution in [0.25, 0.3) is 122 Å². The van der Waals surface area contributed by atoms with Gasteiger partial charge in [-0.15, -0.1) is 0 Å².